The lowest BCUT2D eigenvalue weighted by Crippen LogP contribution is -2.29. The lowest BCUT2D eigenvalue weighted by molar-refractivity contribution is 0.379. The molecule has 1 aliphatic heterocycles. The average molecular weight is 349 g/mol. The zero-order valence-electron chi connectivity index (χ0n) is 14.8. The Morgan fingerprint density at radius 2 is 1.85 bits per heavy atom. The van der Waals surface area contributed by atoms with E-state index in [0.717, 1.165) is 42.1 Å². The molecule has 1 fully saturated rings. The number of aromatic nitrogens is 3. The quantitative estimate of drug-likeness (QED) is 0.710. The standard InChI is InChI=1S/C20H23N5O/c21-17-7-3-2-6-15(17)9-11-19-23-20(24-26-19)16-8-10-18(22-14-16)25-12-4-1-5-13-25/h2-3,6-8,10,14H,1,4-5,9,11-13,21H2. The van der Waals surface area contributed by atoms with Crippen molar-refractivity contribution in [2.75, 3.05) is 23.7 Å². The first-order valence-electron chi connectivity index (χ1n) is 9.17. The van der Waals surface area contributed by atoms with Gasteiger partial charge in [0.25, 0.3) is 0 Å². The molecule has 0 atom stereocenters. The number of benzene rings is 1. The molecule has 0 bridgehead atoms. The number of para-hydroxylation sites is 1. The van der Waals surface area contributed by atoms with Crippen LogP contribution >= 0.6 is 0 Å². The molecule has 0 saturated carbocycles. The summed E-state index contributed by atoms with van der Waals surface area (Å²) in [6, 6.07) is 11.9. The molecule has 4 rings (SSSR count). The molecule has 1 aliphatic rings. The number of rotatable bonds is 5. The number of piperidine rings is 1. The van der Waals surface area contributed by atoms with Crippen LogP contribution in [0.15, 0.2) is 47.1 Å². The Hall–Kier alpha value is -2.89. The summed E-state index contributed by atoms with van der Waals surface area (Å²) in [5.41, 5.74) is 8.75. The monoisotopic (exact) mass is 349 g/mol. The number of hydrogen-bond acceptors (Lipinski definition) is 6. The highest BCUT2D eigenvalue weighted by atomic mass is 16.5. The van der Waals surface area contributed by atoms with E-state index in [9.17, 15) is 0 Å². The van der Waals surface area contributed by atoms with E-state index in [0.29, 0.717) is 18.1 Å². The van der Waals surface area contributed by atoms with Gasteiger partial charge in [-0.1, -0.05) is 23.4 Å². The highest BCUT2D eigenvalue weighted by Crippen LogP contribution is 2.21. The second-order valence-corrected chi connectivity index (χ2v) is 6.66. The summed E-state index contributed by atoms with van der Waals surface area (Å²) in [4.78, 5) is 11.4. The lowest BCUT2D eigenvalue weighted by atomic mass is 10.1. The zero-order valence-corrected chi connectivity index (χ0v) is 14.8. The van der Waals surface area contributed by atoms with Crippen molar-refractivity contribution in [3.63, 3.8) is 0 Å². The van der Waals surface area contributed by atoms with Crippen LogP contribution in [0.3, 0.4) is 0 Å². The molecule has 1 aromatic carbocycles. The van der Waals surface area contributed by atoms with Crippen molar-refractivity contribution >= 4 is 11.5 Å². The molecule has 3 heterocycles. The molecular weight excluding hydrogens is 326 g/mol. The molecule has 0 unspecified atom stereocenters. The SMILES string of the molecule is Nc1ccccc1CCc1nc(-c2ccc(N3CCCCC3)nc2)no1. The van der Waals surface area contributed by atoms with Gasteiger partial charge in [-0.05, 0) is 49.4 Å². The smallest absolute Gasteiger partial charge is 0.227 e. The van der Waals surface area contributed by atoms with Crippen molar-refractivity contribution in [1.29, 1.82) is 0 Å². The van der Waals surface area contributed by atoms with Gasteiger partial charge in [0.2, 0.25) is 11.7 Å². The summed E-state index contributed by atoms with van der Waals surface area (Å²) in [5, 5.41) is 4.09. The van der Waals surface area contributed by atoms with Crippen molar-refractivity contribution in [3.8, 4) is 11.4 Å². The molecular formula is C20H23N5O. The Labute approximate surface area is 153 Å². The van der Waals surface area contributed by atoms with Crippen LogP contribution in [0.2, 0.25) is 0 Å². The van der Waals surface area contributed by atoms with Crippen molar-refractivity contribution in [2.24, 2.45) is 0 Å². The maximum Gasteiger partial charge on any atom is 0.227 e. The third kappa shape index (κ3) is 3.69. The number of nitrogens with zero attached hydrogens (tertiary/aromatic N) is 4. The summed E-state index contributed by atoms with van der Waals surface area (Å²) < 4.78 is 5.39. The van der Waals surface area contributed by atoms with Crippen LogP contribution < -0.4 is 10.6 Å². The Morgan fingerprint density at radius 1 is 1.00 bits per heavy atom. The van der Waals surface area contributed by atoms with Gasteiger partial charge in [-0.3, -0.25) is 0 Å². The molecule has 0 amide bonds. The highest BCUT2D eigenvalue weighted by Gasteiger charge is 2.14. The van der Waals surface area contributed by atoms with Crippen molar-refractivity contribution in [3.05, 3.63) is 54.0 Å². The molecule has 1 saturated heterocycles. The van der Waals surface area contributed by atoms with E-state index in [-0.39, 0.29) is 0 Å². The van der Waals surface area contributed by atoms with E-state index < -0.39 is 0 Å². The lowest BCUT2D eigenvalue weighted by Gasteiger charge is -2.27. The van der Waals surface area contributed by atoms with Crippen LogP contribution in [0.25, 0.3) is 11.4 Å². The average Bonchev–Trinajstić information content (AvgIpc) is 3.17. The number of aryl methyl sites for hydroxylation is 2. The fourth-order valence-electron chi connectivity index (χ4n) is 3.31. The van der Waals surface area contributed by atoms with Crippen LogP contribution in [0.5, 0.6) is 0 Å². The van der Waals surface area contributed by atoms with Gasteiger partial charge in [0.05, 0.1) is 0 Å². The van der Waals surface area contributed by atoms with E-state index in [1.807, 2.05) is 42.6 Å². The third-order valence-electron chi connectivity index (χ3n) is 4.82. The second kappa shape index (κ2) is 7.56. The van der Waals surface area contributed by atoms with Crippen molar-refractivity contribution in [2.45, 2.75) is 32.1 Å². The molecule has 134 valence electrons. The predicted molar refractivity (Wildman–Crippen MR) is 102 cm³/mol. The van der Waals surface area contributed by atoms with Crippen LogP contribution in [-0.2, 0) is 12.8 Å². The van der Waals surface area contributed by atoms with Gasteiger partial charge in [0, 0.05) is 37.0 Å². The van der Waals surface area contributed by atoms with Gasteiger partial charge in [-0.2, -0.15) is 4.98 Å². The zero-order chi connectivity index (χ0) is 17.8. The third-order valence-corrected chi connectivity index (χ3v) is 4.82. The summed E-state index contributed by atoms with van der Waals surface area (Å²) >= 11 is 0. The number of anilines is 2. The van der Waals surface area contributed by atoms with Crippen LogP contribution in [0.4, 0.5) is 11.5 Å². The van der Waals surface area contributed by atoms with Gasteiger partial charge < -0.3 is 15.2 Å². The minimum atomic E-state index is 0.582. The van der Waals surface area contributed by atoms with E-state index in [2.05, 4.69) is 20.0 Å². The summed E-state index contributed by atoms with van der Waals surface area (Å²) in [5.74, 6) is 2.22. The Morgan fingerprint density at radius 3 is 2.62 bits per heavy atom. The van der Waals surface area contributed by atoms with Gasteiger partial charge in [0.1, 0.15) is 5.82 Å². The molecule has 6 heteroatoms. The number of nitrogens with two attached hydrogens (primary N) is 1. The maximum absolute atomic E-state index is 5.98. The van der Waals surface area contributed by atoms with Gasteiger partial charge in [-0.15, -0.1) is 0 Å². The van der Waals surface area contributed by atoms with Crippen LogP contribution in [0, 0.1) is 0 Å². The normalized spacial score (nSPS) is 14.5. The predicted octanol–water partition coefficient (Wildman–Crippen LogP) is 3.49. The number of pyridine rings is 1. The van der Waals surface area contributed by atoms with E-state index in [1.165, 1.54) is 19.3 Å². The number of hydrogen-bond donors (Lipinski definition) is 1. The minimum Gasteiger partial charge on any atom is -0.399 e. The Kier molecular flexibility index (Phi) is 4.82. The molecule has 2 aromatic heterocycles. The first-order valence-corrected chi connectivity index (χ1v) is 9.17. The van der Waals surface area contributed by atoms with Gasteiger partial charge >= 0.3 is 0 Å². The molecule has 26 heavy (non-hydrogen) atoms. The van der Waals surface area contributed by atoms with Crippen LogP contribution in [-0.4, -0.2) is 28.2 Å². The molecule has 2 N–H and O–H groups in total. The largest absolute Gasteiger partial charge is 0.399 e. The first-order chi connectivity index (χ1) is 12.8. The van der Waals surface area contributed by atoms with E-state index >= 15 is 0 Å². The van der Waals surface area contributed by atoms with Crippen molar-refractivity contribution < 1.29 is 4.52 Å². The van der Waals surface area contributed by atoms with Gasteiger partial charge in [-0.25, -0.2) is 4.98 Å². The van der Waals surface area contributed by atoms with E-state index in [1.54, 1.807) is 0 Å². The van der Waals surface area contributed by atoms with Crippen molar-refractivity contribution in [1.82, 2.24) is 15.1 Å². The van der Waals surface area contributed by atoms with E-state index in [4.69, 9.17) is 10.3 Å². The molecule has 0 spiro atoms. The molecule has 0 aliphatic carbocycles. The van der Waals surface area contributed by atoms with Gasteiger partial charge in [0.15, 0.2) is 0 Å². The summed E-state index contributed by atoms with van der Waals surface area (Å²) in [7, 11) is 0. The fourth-order valence-corrected chi connectivity index (χ4v) is 3.31. The summed E-state index contributed by atoms with van der Waals surface area (Å²) in [6.07, 6.45) is 7.07. The Balaban J connectivity index is 1.41. The molecule has 0 radical (unpaired) electrons. The second-order valence-electron chi connectivity index (χ2n) is 6.66. The fraction of sp³-hybridized carbons (Fsp3) is 0.350. The minimum absolute atomic E-state index is 0.582. The number of nitrogen functional groups attached to an aromatic ring is 1. The Bertz CT molecular complexity index is 853. The topological polar surface area (TPSA) is 81.1 Å². The summed E-state index contributed by atoms with van der Waals surface area (Å²) in [6.45, 7) is 2.17. The maximum atomic E-state index is 5.98. The first kappa shape index (κ1) is 16.6. The molecule has 6 nitrogen and oxygen atoms in total. The highest BCUT2D eigenvalue weighted by molar-refractivity contribution is 5.56. The van der Waals surface area contributed by atoms with Crippen LogP contribution in [0.1, 0.15) is 30.7 Å². The molecule has 3 aromatic rings.